The lowest BCUT2D eigenvalue weighted by Gasteiger charge is -2.02. The lowest BCUT2D eigenvalue weighted by Crippen LogP contribution is -1.96. The van der Waals surface area contributed by atoms with E-state index in [4.69, 9.17) is 11.6 Å². The van der Waals surface area contributed by atoms with Gasteiger partial charge >= 0.3 is 0 Å². The van der Waals surface area contributed by atoms with Gasteiger partial charge in [-0.05, 0) is 29.1 Å². The molecule has 2 rings (SSSR count). The molecule has 2 aromatic rings. The van der Waals surface area contributed by atoms with Gasteiger partial charge in [0.15, 0.2) is 5.65 Å². The second kappa shape index (κ2) is 2.96. The Kier molecular flexibility index (Phi) is 1.92. The van der Waals surface area contributed by atoms with Gasteiger partial charge in [0.05, 0.1) is 6.20 Å². The monoisotopic (exact) mass is 196 g/mol. The quantitative estimate of drug-likeness (QED) is 0.700. The van der Waals surface area contributed by atoms with E-state index in [9.17, 15) is 0 Å². The van der Waals surface area contributed by atoms with Gasteiger partial charge in [0.1, 0.15) is 0 Å². The van der Waals surface area contributed by atoms with E-state index in [1.807, 2.05) is 6.07 Å². The third-order valence-electron chi connectivity index (χ3n) is 1.87. The van der Waals surface area contributed by atoms with Crippen LogP contribution in [0, 0.1) is 0 Å². The first-order valence-electron chi connectivity index (χ1n) is 4.05. The van der Waals surface area contributed by atoms with Crippen molar-refractivity contribution < 1.29 is 0 Å². The molecular weight excluding hydrogens is 188 g/mol. The Hall–Kier alpha value is -1.16. The van der Waals surface area contributed by atoms with Crippen LogP contribution in [0.15, 0.2) is 12.3 Å². The maximum Gasteiger partial charge on any atom is 0.245 e. The van der Waals surface area contributed by atoms with Crippen LogP contribution in [-0.4, -0.2) is 19.8 Å². The first kappa shape index (κ1) is 8.44. The molecule has 4 nitrogen and oxygen atoms in total. The van der Waals surface area contributed by atoms with Crippen molar-refractivity contribution in [1.29, 1.82) is 0 Å². The molecular formula is C8H9ClN4. The zero-order valence-electron chi connectivity index (χ0n) is 7.40. The van der Waals surface area contributed by atoms with E-state index in [1.165, 1.54) is 4.63 Å². The highest BCUT2D eigenvalue weighted by atomic mass is 35.5. The van der Waals surface area contributed by atoms with Crippen molar-refractivity contribution in [1.82, 2.24) is 19.8 Å². The van der Waals surface area contributed by atoms with E-state index in [-0.39, 0.29) is 5.28 Å². The minimum atomic E-state index is 0.230. The van der Waals surface area contributed by atoms with Crippen molar-refractivity contribution in [3.05, 3.63) is 23.1 Å². The standard InChI is InChI=1S/C8H9ClN4/c1-5(2)6-3-7-11-8(9)12-13(7)10-4-6/h3-5H,1-2H3. The maximum atomic E-state index is 5.63. The Bertz CT molecular complexity index is 435. The Balaban J connectivity index is 2.61. The smallest absolute Gasteiger partial charge is 0.195 e. The molecule has 0 aliphatic heterocycles. The van der Waals surface area contributed by atoms with E-state index in [2.05, 4.69) is 29.0 Å². The summed E-state index contributed by atoms with van der Waals surface area (Å²) in [6.07, 6.45) is 1.78. The normalized spacial score (nSPS) is 11.4. The van der Waals surface area contributed by atoms with E-state index in [0.717, 1.165) is 5.56 Å². The molecule has 0 radical (unpaired) electrons. The molecule has 0 atom stereocenters. The fraction of sp³-hybridized carbons (Fsp3) is 0.375. The molecule has 2 heterocycles. The largest absolute Gasteiger partial charge is 0.245 e. The Labute approximate surface area is 80.5 Å². The zero-order chi connectivity index (χ0) is 9.42. The highest BCUT2D eigenvalue weighted by Crippen LogP contribution is 2.14. The first-order valence-corrected chi connectivity index (χ1v) is 4.43. The second-order valence-corrected chi connectivity index (χ2v) is 3.51. The summed E-state index contributed by atoms with van der Waals surface area (Å²) >= 11 is 5.63. The van der Waals surface area contributed by atoms with Crippen LogP contribution in [0.3, 0.4) is 0 Å². The Morgan fingerprint density at radius 3 is 2.92 bits per heavy atom. The van der Waals surface area contributed by atoms with Gasteiger partial charge < -0.3 is 0 Å². The minimum absolute atomic E-state index is 0.230. The fourth-order valence-corrected chi connectivity index (χ4v) is 1.25. The predicted molar refractivity (Wildman–Crippen MR) is 49.9 cm³/mol. The molecule has 68 valence electrons. The van der Waals surface area contributed by atoms with Crippen LogP contribution >= 0.6 is 11.6 Å². The molecule has 2 aromatic heterocycles. The molecule has 0 aromatic carbocycles. The summed E-state index contributed by atoms with van der Waals surface area (Å²) in [4.78, 5) is 4.01. The third-order valence-corrected chi connectivity index (χ3v) is 2.03. The lowest BCUT2D eigenvalue weighted by molar-refractivity contribution is 0.771. The van der Waals surface area contributed by atoms with Crippen molar-refractivity contribution in [3.8, 4) is 0 Å². The number of halogens is 1. The van der Waals surface area contributed by atoms with Gasteiger partial charge in [0.25, 0.3) is 0 Å². The molecule has 0 amide bonds. The highest BCUT2D eigenvalue weighted by molar-refractivity contribution is 6.28. The van der Waals surface area contributed by atoms with Crippen molar-refractivity contribution in [2.75, 3.05) is 0 Å². The Morgan fingerprint density at radius 1 is 1.46 bits per heavy atom. The number of aromatic nitrogens is 4. The number of rotatable bonds is 1. The highest BCUT2D eigenvalue weighted by Gasteiger charge is 2.05. The molecule has 0 aliphatic rings. The predicted octanol–water partition coefficient (Wildman–Crippen LogP) is 1.90. The summed E-state index contributed by atoms with van der Waals surface area (Å²) in [5.41, 5.74) is 1.83. The fourth-order valence-electron chi connectivity index (χ4n) is 1.09. The van der Waals surface area contributed by atoms with Crippen molar-refractivity contribution in [3.63, 3.8) is 0 Å². The van der Waals surface area contributed by atoms with Gasteiger partial charge in [-0.2, -0.15) is 10.1 Å². The van der Waals surface area contributed by atoms with E-state index >= 15 is 0 Å². The van der Waals surface area contributed by atoms with Gasteiger partial charge in [0, 0.05) is 0 Å². The first-order chi connectivity index (χ1) is 6.16. The average molecular weight is 197 g/mol. The summed E-state index contributed by atoms with van der Waals surface area (Å²) in [6.45, 7) is 4.21. The lowest BCUT2D eigenvalue weighted by atomic mass is 10.1. The van der Waals surface area contributed by atoms with Crippen LogP contribution in [-0.2, 0) is 0 Å². The van der Waals surface area contributed by atoms with Crippen LogP contribution in [0.2, 0.25) is 5.28 Å². The second-order valence-electron chi connectivity index (χ2n) is 3.17. The summed E-state index contributed by atoms with van der Waals surface area (Å²) in [7, 11) is 0. The van der Waals surface area contributed by atoms with E-state index < -0.39 is 0 Å². The van der Waals surface area contributed by atoms with Gasteiger partial charge in [0.2, 0.25) is 5.28 Å². The van der Waals surface area contributed by atoms with Crippen molar-refractivity contribution in [2.45, 2.75) is 19.8 Å². The van der Waals surface area contributed by atoms with Crippen LogP contribution in [0.5, 0.6) is 0 Å². The molecule has 0 unspecified atom stereocenters. The van der Waals surface area contributed by atoms with Crippen LogP contribution in [0.4, 0.5) is 0 Å². The number of fused-ring (bicyclic) bond motifs is 1. The van der Waals surface area contributed by atoms with Gasteiger partial charge in [-0.3, -0.25) is 0 Å². The Morgan fingerprint density at radius 2 is 2.23 bits per heavy atom. The molecule has 0 bridgehead atoms. The molecule has 5 heteroatoms. The minimum Gasteiger partial charge on any atom is -0.195 e. The van der Waals surface area contributed by atoms with Crippen molar-refractivity contribution >= 4 is 17.2 Å². The van der Waals surface area contributed by atoms with Crippen LogP contribution in [0.25, 0.3) is 5.65 Å². The molecule has 0 spiro atoms. The maximum absolute atomic E-state index is 5.63. The summed E-state index contributed by atoms with van der Waals surface area (Å²) in [5, 5.41) is 8.19. The molecule has 0 N–H and O–H groups in total. The molecule has 0 aliphatic carbocycles. The third kappa shape index (κ3) is 1.49. The van der Waals surface area contributed by atoms with Crippen molar-refractivity contribution in [2.24, 2.45) is 0 Å². The molecule has 0 fully saturated rings. The van der Waals surface area contributed by atoms with Gasteiger partial charge in [-0.15, -0.1) is 9.73 Å². The molecule has 13 heavy (non-hydrogen) atoms. The van der Waals surface area contributed by atoms with Crippen LogP contribution in [0.1, 0.15) is 25.3 Å². The van der Waals surface area contributed by atoms with Gasteiger partial charge in [-0.1, -0.05) is 13.8 Å². The number of hydrogen-bond donors (Lipinski definition) is 0. The van der Waals surface area contributed by atoms with Gasteiger partial charge in [-0.25, -0.2) is 0 Å². The molecule has 0 saturated carbocycles. The summed E-state index contributed by atoms with van der Waals surface area (Å²) in [5.74, 6) is 0.438. The number of nitrogens with zero attached hydrogens (tertiary/aromatic N) is 4. The summed E-state index contributed by atoms with van der Waals surface area (Å²) in [6, 6.07) is 1.94. The number of hydrogen-bond acceptors (Lipinski definition) is 3. The van der Waals surface area contributed by atoms with Crippen LogP contribution < -0.4 is 0 Å². The SMILES string of the molecule is CC(C)c1cnn2nc(Cl)nc2c1. The van der Waals surface area contributed by atoms with E-state index in [1.54, 1.807) is 6.20 Å². The topological polar surface area (TPSA) is 43.1 Å². The average Bonchev–Trinajstić information content (AvgIpc) is 2.42. The summed E-state index contributed by atoms with van der Waals surface area (Å²) < 4.78 is 1.42. The molecule has 0 saturated heterocycles. The zero-order valence-corrected chi connectivity index (χ0v) is 8.15. The van der Waals surface area contributed by atoms with E-state index in [0.29, 0.717) is 11.6 Å².